The van der Waals surface area contributed by atoms with Gasteiger partial charge in [0.05, 0.1) is 17.8 Å². The maximum absolute atomic E-state index is 13.3. The van der Waals surface area contributed by atoms with Crippen LogP contribution in [0.1, 0.15) is 11.4 Å². The number of methoxy groups -OCH3 is 1. The number of nitrogens with one attached hydrogen (secondary N) is 1. The van der Waals surface area contributed by atoms with Crippen molar-refractivity contribution in [3.05, 3.63) is 59.0 Å². The first-order valence-corrected chi connectivity index (χ1v) is 8.45. The number of anilines is 2. The lowest BCUT2D eigenvalue weighted by Gasteiger charge is -2.13. The van der Waals surface area contributed by atoms with Crippen molar-refractivity contribution >= 4 is 23.1 Å². The van der Waals surface area contributed by atoms with Gasteiger partial charge in [0.2, 0.25) is 0 Å². The third-order valence-corrected chi connectivity index (χ3v) is 4.09. The minimum absolute atomic E-state index is 0.131. The Hall–Kier alpha value is -3.08. The predicted molar refractivity (Wildman–Crippen MR) is 96.6 cm³/mol. The van der Waals surface area contributed by atoms with Crippen LogP contribution in [0.25, 0.3) is 11.4 Å². The van der Waals surface area contributed by atoms with Gasteiger partial charge in [-0.25, -0.2) is 9.97 Å². The molecule has 0 fully saturated rings. The summed E-state index contributed by atoms with van der Waals surface area (Å²) in [6.07, 6.45) is -8.77. The van der Waals surface area contributed by atoms with Crippen LogP contribution in [-0.2, 0) is 12.4 Å². The number of nitrogens with zero attached hydrogens (tertiary/aromatic N) is 3. The molecule has 0 saturated carbocycles. The van der Waals surface area contributed by atoms with Gasteiger partial charge in [-0.15, -0.1) is 0 Å². The van der Waals surface area contributed by atoms with Gasteiger partial charge in [-0.3, -0.25) is 4.98 Å². The van der Waals surface area contributed by atoms with Crippen LogP contribution in [0.2, 0.25) is 5.02 Å². The van der Waals surface area contributed by atoms with E-state index in [2.05, 4.69) is 20.3 Å². The normalized spacial score (nSPS) is 12.0. The van der Waals surface area contributed by atoms with Crippen LogP contribution in [0.5, 0.6) is 5.75 Å². The molecule has 1 aromatic carbocycles. The van der Waals surface area contributed by atoms with Crippen molar-refractivity contribution < 1.29 is 31.1 Å². The van der Waals surface area contributed by atoms with Crippen LogP contribution in [-0.4, -0.2) is 22.1 Å². The van der Waals surface area contributed by atoms with E-state index in [-0.39, 0.29) is 22.1 Å². The van der Waals surface area contributed by atoms with E-state index in [0.717, 1.165) is 12.3 Å². The van der Waals surface area contributed by atoms with E-state index in [1.807, 2.05) is 0 Å². The lowest BCUT2D eigenvalue weighted by molar-refractivity contribution is -0.141. The zero-order chi connectivity index (χ0) is 22.1. The van der Waals surface area contributed by atoms with E-state index in [1.165, 1.54) is 19.2 Å². The zero-order valence-electron chi connectivity index (χ0n) is 14.9. The summed E-state index contributed by atoms with van der Waals surface area (Å²) in [6.45, 7) is 0. The second kappa shape index (κ2) is 7.98. The van der Waals surface area contributed by atoms with Crippen molar-refractivity contribution in [2.24, 2.45) is 0 Å². The molecule has 0 bridgehead atoms. The van der Waals surface area contributed by atoms with Crippen LogP contribution in [0.3, 0.4) is 0 Å². The van der Waals surface area contributed by atoms with E-state index >= 15 is 0 Å². The Labute approximate surface area is 170 Å². The molecular formula is C18H11ClF6N4O. The van der Waals surface area contributed by atoms with E-state index in [0.29, 0.717) is 17.9 Å². The van der Waals surface area contributed by atoms with Crippen molar-refractivity contribution in [3.8, 4) is 17.1 Å². The molecule has 0 amide bonds. The van der Waals surface area contributed by atoms with Gasteiger partial charge in [-0.1, -0.05) is 11.6 Å². The van der Waals surface area contributed by atoms with Gasteiger partial charge in [-0.05, 0) is 24.3 Å². The molecule has 5 nitrogen and oxygen atoms in total. The Morgan fingerprint density at radius 3 is 2.17 bits per heavy atom. The quantitative estimate of drug-likeness (QED) is 0.497. The molecule has 158 valence electrons. The molecule has 2 heterocycles. The first-order valence-electron chi connectivity index (χ1n) is 8.08. The third-order valence-electron chi connectivity index (χ3n) is 3.76. The van der Waals surface area contributed by atoms with Crippen LogP contribution in [0, 0.1) is 0 Å². The number of rotatable bonds is 4. The van der Waals surface area contributed by atoms with Crippen molar-refractivity contribution in [2.45, 2.75) is 12.4 Å². The molecule has 0 saturated heterocycles. The van der Waals surface area contributed by atoms with Gasteiger partial charge < -0.3 is 10.1 Å². The number of pyridine rings is 1. The molecule has 1 N–H and O–H groups in total. The number of hydrogen-bond acceptors (Lipinski definition) is 5. The highest BCUT2D eigenvalue weighted by Gasteiger charge is 2.35. The minimum atomic E-state index is -4.83. The Kier molecular flexibility index (Phi) is 5.75. The Balaban J connectivity index is 2.05. The van der Waals surface area contributed by atoms with E-state index < -0.39 is 29.6 Å². The largest absolute Gasteiger partial charge is 0.497 e. The van der Waals surface area contributed by atoms with Gasteiger partial charge in [0.1, 0.15) is 17.3 Å². The van der Waals surface area contributed by atoms with Crippen LogP contribution >= 0.6 is 11.6 Å². The number of alkyl halides is 6. The van der Waals surface area contributed by atoms with Gasteiger partial charge in [0.15, 0.2) is 11.5 Å². The number of hydrogen-bond donors (Lipinski definition) is 1. The average molecular weight is 449 g/mol. The summed E-state index contributed by atoms with van der Waals surface area (Å²) in [5.41, 5.74) is -2.41. The molecule has 0 aliphatic carbocycles. The molecule has 12 heteroatoms. The van der Waals surface area contributed by atoms with Crippen molar-refractivity contribution in [3.63, 3.8) is 0 Å². The molecule has 3 aromatic rings. The van der Waals surface area contributed by atoms with Gasteiger partial charge in [0, 0.05) is 23.9 Å². The van der Waals surface area contributed by atoms with Crippen molar-refractivity contribution in [2.75, 3.05) is 12.4 Å². The SMILES string of the molecule is COc1ccc(Cl)c(Nc2cc(C(F)(F)F)nc(-c3ccc(C(F)(F)F)nc3)n2)c1. The molecule has 30 heavy (non-hydrogen) atoms. The topological polar surface area (TPSA) is 59.9 Å². The average Bonchev–Trinajstić information content (AvgIpc) is 2.68. The van der Waals surface area contributed by atoms with Gasteiger partial charge in [0.25, 0.3) is 0 Å². The standard InChI is InChI=1S/C18H11ClF6N4O/c1-30-10-3-4-11(19)12(6-10)27-15-7-14(18(23,24)25)28-16(29-15)9-2-5-13(26-8-9)17(20,21)22/h2-8H,1H3,(H,27,28,29). The fourth-order valence-electron chi connectivity index (χ4n) is 2.34. The summed E-state index contributed by atoms with van der Waals surface area (Å²) < 4.78 is 82.9. The summed E-state index contributed by atoms with van der Waals surface area (Å²) in [6, 6.07) is 6.68. The smallest absolute Gasteiger partial charge is 0.433 e. The van der Waals surface area contributed by atoms with Crippen LogP contribution in [0.4, 0.5) is 37.8 Å². The molecule has 0 aliphatic rings. The Morgan fingerprint density at radius 1 is 0.900 bits per heavy atom. The first-order chi connectivity index (χ1) is 14.0. The summed E-state index contributed by atoms with van der Waals surface area (Å²) in [7, 11) is 1.40. The molecule has 0 unspecified atom stereocenters. The number of halogens is 7. The maximum atomic E-state index is 13.3. The summed E-state index contributed by atoms with van der Waals surface area (Å²) in [5, 5.41) is 2.82. The van der Waals surface area contributed by atoms with Crippen LogP contribution in [0.15, 0.2) is 42.6 Å². The summed E-state index contributed by atoms with van der Waals surface area (Å²) in [5.74, 6) is -0.353. The minimum Gasteiger partial charge on any atom is -0.497 e. The molecule has 0 aliphatic heterocycles. The van der Waals surface area contributed by atoms with Crippen LogP contribution < -0.4 is 10.1 Å². The van der Waals surface area contributed by atoms with Gasteiger partial charge >= 0.3 is 12.4 Å². The summed E-state index contributed by atoms with van der Waals surface area (Å²) in [4.78, 5) is 10.6. The second-order valence-electron chi connectivity index (χ2n) is 5.86. The molecule has 0 spiro atoms. The lowest BCUT2D eigenvalue weighted by atomic mass is 10.2. The van der Waals surface area contributed by atoms with Crippen molar-refractivity contribution in [1.82, 2.24) is 15.0 Å². The highest BCUT2D eigenvalue weighted by Crippen LogP contribution is 2.34. The second-order valence-corrected chi connectivity index (χ2v) is 6.27. The highest BCUT2D eigenvalue weighted by atomic mass is 35.5. The highest BCUT2D eigenvalue weighted by molar-refractivity contribution is 6.33. The van der Waals surface area contributed by atoms with E-state index in [9.17, 15) is 26.3 Å². The molecule has 3 rings (SSSR count). The third kappa shape index (κ3) is 4.90. The molecule has 0 radical (unpaired) electrons. The lowest BCUT2D eigenvalue weighted by Crippen LogP contribution is -2.11. The monoisotopic (exact) mass is 448 g/mol. The predicted octanol–water partition coefficient (Wildman–Crippen LogP) is 5.98. The van der Waals surface area contributed by atoms with Crippen molar-refractivity contribution in [1.29, 1.82) is 0 Å². The van der Waals surface area contributed by atoms with E-state index in [4.69, 9.17) is 16.3 Å². The summed E-state index contributed by atoms with van der Waals surface area (Å²) >= 11 is 6.05. The fraction of sp³-hybridized carbons (Fsp3) is 0.167. The number of benzene rings is 1. The Bertz CT molecular complexity index is 1050. The number of aromatic nitrogens is 3. The maximum Gasteiger partial charge on any atom is 0.433 e. The Morgan fingerprint density at radius 2 is 1.60 bits per heavy atom. The molecule has 2 aromatic heterocycles. The zero-order valence-corrected chi connectivity index (χ0v) is 15.7. The molecular weight excluding hydrogens is 438 g/mol. The first kappa shape index (κ1) is 21.6. The number of ether oxygens (including phenoxy) is 1. The fourth-order valence-corrected chi connectivity index (χ4v) is 2.51. The van der Waals surface area contributed by atoms with E-state index in [1.54, 1.807) is 6.07 Å². The molecule has 0 atom stereocenters. The van der Waals surface area contributed by atoms with Gasteiger partial charge in [-0.2, -0.15) is 26.3 Å².